The van der Waals surface area contributed by atoms with Gasteiger partial charge in [-0.1, -0.05) is 0 Å². The third-order valence-corrected chi connectivity index (χ3v) is 6.48. The van der Waals surface area contributed by atoms with Crippen molar-refractivity contribution in [3.63, 3.8) is 0 Å². The fourth-order valence-corrected chi connectivity index (χ4v) is 4.41. The molecule has 186 valence electrons. The van der Waals surface area contributed by atoms with Gasteiger partial charge in [0.15, 0.2) is 16.6 Å². The number of hydrogen-bond acceptors (Lipinski definition) is 7. The number of pyridine rings is 1. The highest BCUT2D eigenvalue weighted by Crippen LogP contribution is 2.33. The number of ether oxygens (including phenoxy) is 3. The summed E-state index contributed by atoms with van der Waals surface area (Å²) in [7, 11) is 4.13. The smallest absolute Gasteiger partial charge is 0.253 e. The van der Waals surface area contributed by atoms with Crippen molar-refractivity contribution in [1.29, 1.82) is 0 Å². The highest BCUT2D eigenvalue weighted by molar-refractivity contribution is 7.80. The van der Waals surface area contributed by atoms with Crippen molar-refractivity contribution in [2.45, 2.75) is 13.0 Å². The maximum Gasteiger partial charge on any atom is 0.253 e. The summed E-state index contributed by atoms with van der Waals surface area (Å²) in [4.78, 5) is 22.6. The minimum Gasteiger partial charge on any atom is -0.486 e. The zero-order valence-corrected chi connectivity index (χ0v) is 20.9. The number of hydrogen-bond donors (Lipinski definition) is 2. The van der Waals surface area contributed by atoms with E-state index in [-0.39, 0.29) is 5.56 Å². The maximum absolute atomic E-state index is 13.0. The molecule has 0 saturated carbocycles. The first kappa shape index (κ1) is 24.7. The lowest BCUT2D eigenvalue weighted by molar-refractivity contribution is 0.0357. The summed E-state index contributed by atoms with van der Waals surface area (Å²) < 4.78 is 16.8. The van der Waals surface area contributed by atoms with Crippen LogP contribution in [0, 0.1) is 0 Å². The molecule has 0 aliphatic carbocycles. The second-order valence-corrected chi connectivity index (χ2v) is 9.36. The summed E-state index contributed by atoms with van der Waals surface area (Å²) in [5, 5.41) is 4.97. The van der Waals surface area contributed by atoms with E-state index >= 15 is 0 Å². The molecular weight excluding hydrogens is 454 g/mol. The number of aromatic nitrogens is 1. The van der Waals surface area contributed by atoms with Gasteiger partial charge in [0.1, 0.15) is 13.2 Å². The van der Waals surface area contributed by atoms with E-state index < -0.39 is 0 Å². The largest absolute Gasteiger partial charge is 0.486 e. The maximum atomic E-state index is 13.0. The van der Waals surface area contributed by atoms with Crippen LogP contribution in [0.15, 0.2) is 23.0 Å². The van der Waals surface area contributed by atoms with Crippen LogP contribution in [0.3, 0.4) is 0 Å². The fraction of sp³-hybridized carbons (Fsp3) is 0.583. The molecule has 10 heteroatoms. The number of aromatic amines is 1. The molecule has 1 aromatic heterocycles. The van der Waals surface area contributed by atoms with Crippen LogP contribution >= 0.6 is 12.2 Å². The molecule has 2 N–H and O–H groups in total. The Morgan fingerprint density at radius 2 is 1.82 bits per heavy atom. The van der Waals surface area contributed by atoms with Crippen molar-refractivity contribution in [3.05, 3.63) is 34.1 Å². The Kier molecular flexibility index (Phi) is 8.60. The first-order valence-corrected chi connectivity index (χ1v) is 12.3. The molecule has 4 rings (SSSR count). The molecule has 2 aliphatic rings. The Bertz CT molecular complexity index is 1040. The molecular formula is C24H35N5O4S. The third-order valence-electron chi connectivity index (χ3n) is 6.08. The summed E-state index contributed by atoms with van der Waals surface area (Å²) in [6, 6.07) is 5.70. The van der Waals surface area contributed by atoms with Gasteiger partial charge in [0.05, 0.1) is 25.3 Å². The summed E-state index contributed by atoms with van der Waals surface area (Å²) >= 11 is 5.75. The van der Waals surface area contributed by atoms with Gasteiger partial charge in [0, 0.05) is 49.7 Å². The fourth-order valence-electron chi connectivity index (χ4n) is 4.15. The van der Waals surface area contributed by atoms with Crippen LogP contribution in [0.5, 0.6) is 11.5 Å². The van der Waals surface area contributed by atoms with Gasteiger partial charge in [0.2, 0.25) is 0 Å². The summed E-state index contributed by atoms with van der Waals surface area (Å²) in [6.45, 7) is 8.21. The van der Waals surface area contributed by atoms with E-state index in [4.69, 9.17) is 26.4 Å². The molecule has 0 amide bonds. The van der Waals surface area contributed by atoms with Gasteiger partial charge >= 0.3 is 0 Å². The Hall–Kier alpha value is -2.40. The van der Waals surface area contributed by atoms with E-state index in [1.165, 1.54) is 0 Å². The predicted octanol–water partition coefficient (Wildman–Crippen LogP) is 1.26. The molecule has 0 atom stereocenters. The Morgan fingerprint density at radius 3 is 2.56 bits per heavy atom. The van der Waals surface area contributed by atoms with E-state index in [1.807, 2.05) is 18.2 Å². The molecule has 0 bridgehead atoms. The van der Waals surface area contributed by atoms with Crippen LogP contribution in [0.1, 0.15) is 12.0 Å². The molecule has 34 heavy (non-hydrogen) atoms. The van der Waals surface area contributed by atoms with E-state index in [0.29, 0.717) is 41.9 Å². The number of nitrogens with one attached hydrogen (secondary N) is 2. The number of thiocarbonyl (C=S) groups is 1. The van der Waals surface area contributed by atoms with E-state index in [1.54, 1.807) is 0 Å². The van der Waals surface area contributed by atoms with E-state index in [2.05, 4.69) is 39.1 Å². The minimum atomic E-state index is -0.115. The summed E-state index contributed by atoms with van der Waals surface area (Å²) in [5.74, 6) is 1.37. The zero-order chi connectivity index (χ0) is 23.9. The third kappa shape index (κ3) is 6.59. The molecule has 0 spiro atoms. The van der Waals surface area contributed by atoms with Crippen LogP contribution in [0.2, 0.25) is 0 Å². The number of H-pyrrole nitrogens is 1. The average molecular weight is 490 g/mol. The van der Waals surface area contributed by atoms with Gasteiger partial charge in [-0.05, 0) is 51.4 Å². The van der Waals surface area contributed by atoms with Gasteiger partial charge in [-0.15, -0.1) is 0 Å². The Labute approximate surface area is 205 Å². The molecule has 3 heterocycles. The molecule has 2 aliphatic heterocycles. The van der Waals surface area contributed by atoms with Crippen molar-refractivity contribution in [2.24, 2.45) is 0 Å². The topological polar surface area (TPSA) is 82.3 Å². The molecule has 2 aromatic rings. The highest BCUT2D eigenvalue weighted by atomic mass is 32.1. The first-order valence-electron chi connectivity index (χ1n) is 11.9. The molecule has 1 aromatic carbocycles. The molecule has 9 nitrogen and oxygen atoms in total. The molecule has 1 saturated heterocycles. The van der Waals surface area contributed by atoms with Crippen LogP contribution in [0.4, 0.5) is 0 Å². The van der Waals surface area contributed by atoms with Crippen molar-refractivity contribution in [3.8, 4) is 11.5 Å². The number of morpholine rings is 1. The van der Waals surface area contributed by atoms with Crippen LogP contribution in [0.25, 0.3) is 10.9 Å². The van der Waals surface area contributed by atoms with Crippen molar-refractivity contribution < 1.29 is 14.2 Å². The number of fused-ring (bicyclic) bond motifs is 2. The normalized spacial score (nSPS) is 16.1. The summed E-state index contributed by atoms with van der Waals surface area (Å²) in [6.07, 6.45) is 0.994. The first-order chi connectivity index (χ1) is 16.5. The van der Waals surface area contributed by atoms with E-state index in [9.17, 15) is 4.79 Å². The molecule has 0 radical (unpaired) electrons. The van der Waals surface area contributed by atoms with Crippen LogP contribution in [-0.2, 0) is 11.3 Å². The van der Waals surface area contributed by atoms with Crippen LogP contribution in [-0.4, -0.2) is 105 Å². The SMILES string of the molecule is CN(C)CCCNC(=S)N(CCN1CCOCC1)Cc1cc2cc3c(cc2[nH]c1=O)OCCO3. The van der Waals surface area contributed by atoms with Crippen molar-refractivity contribution >= 4 is 28.2 Å². The standard InChI is InChI=1S/C24H35N5O4S/c1-27(2)5-3-4-25-24(34)29(7-6-28-8-10-31-11-9-28)17-19-14-18-15-21-22(33-13-12-32-21)16-20(18)26-23(19)30/h14-16H,3-13,17H2,1-2H3,(H,25,34)(H,26,30). The van der Waals surface area contributed by atoms with E-state index in [0.717, 1.165) is 69.8 Å². The molecule has 1 fully saturated rings. The number of nitrogens with zero attached hydrogens (tertiary/aromatic N) is 3. The second kappa shape index (κ2) is 11.8. The highest BCUT2D eigenvalue weighted by Gasteiger charge is 2.18. The lowest BCUT2D eigenvalue weighted by atomic mass is 10.1. The minimum absolute atomic E-state index is 0.115. The Balaban J connectivity index is 1.49. The van der Waals surface area contributed by atoms with Crippen molar-refractivity contribution in [2.75, 3.05) is 79.8 Å². The predicted molar refractivity (Wildman–Crippen MR) is 137 cm³/mol. The van der Waals surface area contributed by atoms with Gasteiger partial charge in [-0.2, -0.15) is 0 Å². The van der Waals surface area contributed by atoms with Gasteiger partial charge in [-0.3, -0.25) is 9.69 Å². The van der Waals surface area contributed by atoms with Gasteiger partial charge < -0.3 is 34.3 Å². The number of benzene rings is 1. The monoisotopic (exact) mass is 489 g/mol. The van der Waals surface area contributed by atoms with Crippen molar-refractivity contribution in [1.82, 2.24) is 25.0 Å². The lowest BCUT2D eigenvalue weighted by Gasteiger charge is -2.31. The molecule has 0 unspecified atom stereocenters. The Morgan fingerprint density at radius 1 is 1.09 bits per heavy atom. The second-order valence-electron chi connectivity index (χ2n) is 8.97. The number of rotatable bonds is 9. The van der Waals surface area contributed by atoms with Gasteiger partial charge in [0.25, 0.3) is 5.56 Å². The average Bonchev–Trinajstić information content (AvgIpc) is 2.84. The lowest BCUT2D eigenvalue weighted by Crippen LogP contribution is -2.46. The summed E-state index contributed by atoms with van der Waals surface area (Å²) in [5.41, 5.74) is 1.29. The quantitative estimate of drug-likeness (QED) is 0.400. The van der Waals surface area contributed by atoms with Crippen LogP contribution < -0.4 is 20.3 Å². The zero-order valence-electron chi connectivity index (χ0n) is 20.1. The van der Waals surface area contributed by atoms with Gasteiger partial charge in [-0.25, -0.2) is 0 Å².